The van der Waals surface area contributed by atoms with Crippen LogP contribution in [0.15, 0.2) is 72.9 Å². The molecule has 4 N–H and O–H groups in total. The Labute approximate surface area is 241 Å². The molecule has 5 aromatic rings. The summed E-state index contributed by atoms with van der Waals surface area (Å²) in [6, 6.07) is 20.0. The van der Waals surface area contributed by atoms with Crippen LogP contribution in [0.4, 0.5) is 11.6 Å². The Morgan fingerprint density at radius 2 is 1.81 bits per heavy atom. The number of anilines is 2. The number of aromatic nitrogens is 4. The minimum absolute atomic E-state index is 0.0822. The number of nitrogens with one attached hydrogen (secondary N) is 1. The Morgan fingerprint density at radius 1 is 1.02 bits per heavy atom. The first-order valence-electron chi connectivity index (χ1n) is 13.6. The van der Waals surface area contributed by atoms with E-state index in [0.717, 1.165) is 35.7 Å². The average molecular weight is 564 g/mol. The number of imidazole rings is 1. The molecule has 1 amide bonds. The number of fused-ring (bicyclic) bond motifs is 1. The normalized spacial score (nSPS) is 13.3. The number of pyridine rings is 2. The highest BCUT2D eigenvalue weighted by Gasteiger charge is 2.20. The van der Waals surface area contributed by atoms with E-state index in [-0.39, 0.29) is 23.6 Å². The molecule has 3 aromatic heterocycles. The molecule has 1 aliphatic rings. The first-order valence-corrected chi connectivity index (χ1v) is 13.6. The maximum Gasteiger partial charge on any atom is 0.224 e. The van der Waals surface area contributed by atoms with Gasteiger partial charge in [-0.1, -0.05) is 18.2 Å². The van der Waals surface area contributed by atoms with Crippen molar-refractivity contribution in [3.05, 3.63) is 89.6 Å². The van der Waals surface area contributed by atoms with Gasteiger partial charge in [-0.2, -0.15) is 0 Å². The molecule has 0 aliphatic carbocycles. The Balaban J connectivity index is 1.27. The molecule has 0 unspecified atom stereocenters. The number of carbonyl (C=O) groups is 2. The van der Waals surface area contributed by atoms with Gasteiger partial charge in [0.15, 0.2) is 17.8 Å². The van der Waals surface area contributed by atoms with Crippen LogP contribution in [0.3, 0.4) is 0 Å². The summed E-state index contributed by atoms with van der Waals surface area (Å²) in [7, 11) is 0. The van der Waals surface area contributed by atoms with E-state index in [2.05, 4.69) is 15.2 Å². The number of nitrogens with two attached hydrogens (primary N) is 1. The molecule has 0 spiro atoms. The van der Waals surface area contributed by atoms with E-state index in [1.165, 1.54) is 12.1 Å². The highest BCUT2D eigenvalue weighted by atomic mass is 16.5. The van der Waals surface area contributed by atoms with Gasteiger partial charge < -0.3 is 25.8 Å². The number of nitrogens with zero attached hydrogens (tertiary/aromatic N) is 5. The minimum Gasteiger partial charge on any atom is -0.507 e. The smallest absolute Gasteiger partial charge is 0.224 e. The number of phenolic OH excluding ortho intramolecular Hbond substituents is 1. The highest BCUT2D eigenvalue weighted by Crippen LogP contribution is 2.31. The number of phenols is 1. The third-order valence-corrected chi connectivity index (χ3v) is 7.18. The molecule has 6 rings (SSSR count). The van der Waals surface area contributed by atoms with Crippen molar-refractivity contribution in [2.45, 2.75) is 13.0 Å². The van der Waals surface area contributed by atoms with Gasteiger partial charge >= 0.3 is 0 Å². The van der Waals surface area contributed by atoms with Gasteiger partial charge in [0.2, 0.25) is 5.91 Å². The lowest BCUT2D eigenvalue weighted by atomic mass is 10.1. The molecule has 42 heavy (non-hydrogen) atoms. The topological polar surface area (TPSA) is 148 Å². The Bertz CT molecular complexity index is 1760. The molecule has 4 heterocycles. The molecule has 1 fully saturated rings. The van der Waals surface area contributed by atoms with Crippen molar-refractivity contribution in [1.82, 2.24) is 24.8 Å². The molecule has 11 nitrogen and oxygen atoms in total. The van der Waals surface area contributed by atoms with Gasteiger partial charge in [-0.15, -0.1) is 0 Å². The number of rotatable bonds is 8. The Hall–Kier alpha value is -5.29. The molecule has 11 heteroatoms. The van der Waals surface area contributed by atoms with E-state index in [4.69, 9.17) is 20.4 Å². The van der Waals surface area contributed by atoms with Crippen molar-refractivity contribution in [3.8, 4) is 22.8 Å². The van der Waals surface area contributed by atoms with Crippen LogP contribution in [-0.4, -0.2) is 63.1 Å². The minimum atomic E-state index is -0.202. The van der Waals surface area contributed by atoms with E-state index in [9.17, 15) is 14.7 Å². The predicted octanol–water partition coefficient (Wildman–Crippen LogP) is 3.28. The van der Waals surface area contributed by atoms with Crippen LogP contribution in [0.5, 0.6) is 5.75 Å². The number of aromatic hydroxyl groups is 1. The summed E-state index contributed by atoms with van der Waals surface area (Å²) in [6.45, 7) is 3.16. The molecule has 212 valence electrons. The maximum absolute atomic E-state index is 12.5. The molecule has 2 aromatic carbocycles. The SMILES string of the molecule is Nc1ncccc1-c1nc2ccc(N3CCOCC3)nc2n1-c1ccc(CNC(=O)Cc2ccc(C=O)c(O)c2)cc1. The van der Waals surface area contributed by atoms with Crippen LogP contribution < -0.4 is 16.0 Å². The first-order chi connectivity index (χ1) is 20.5. The van der Waals surface area contributed by atoms with Crippen LogP contribution in [-0.2, 0) is 22.5 Å². The number of aldehydes is 1. The zero-order chi connectivity index (χ0) is 29.1. The lowest BCUT2D eigenvalue weighted by Gasteiger charge is -2.27. The number of nitrogen functional groups attached to an aromatic ring is 1. The molecule has 1 saturated heterocycles. The van der Waals surface area contributed by atoms with E-state index in [1.807, 2.05) is 53.1 Å². The third-order valence-electron chi connectivity index (χ3n) is 7.18. The number of hydrogen-bond acceptors (Lipinski definition) is 9. The number of ether oxygens (including phenoxy) is 1. The fraction of sp³-hybridized carbons (Fsp3) is 0.194. The van der Waals surface area contributed by atoms with Crippen molar-refractivity contribution in [2.24, 2.45) is 0 Å². The van der Waals surface area contributed by atoms with Crippen molar-refractivity contribution in [3.63, 3.8) is 0 Å². The van der Waals surface area contributed by atoms with Crippen LogP contribution in [0.25, 0.3) is 28.2 Å². The monoisotopic (exact) mass is 563 g/mol. The second kappa shape index (κ2) is 11.7. The van der Waals surface area contributed by atoms with Crippen molar-refractivity contribution in [2.75, 3.05) is 36.9 Å². The molecule has 1 aliphatic heterocycles. The number of hydrogen-bond donors (Lipinski definition) is 3. The van der Waals surface area contributed by atoms with Gasteiger partial charge in [0, 0.05) is 31.5 Å². The summed E-state index contributed by atoms with van der Waals surface area (Å²) in [6.07, 6.45) is 2.30. The summed E-state index contributed by atoms with van der Waals surface area (Å²) >= 11 is 0. The van der Waals surface area contributed by atoms with Gasteiger partial charge in [0.05, 0.1) is 30.8 Å². The maximum atomic E-state index is 12.5. The lowest BCUT2D eigenvalue weighted by molar-refractivity contribution is -0.120. The largest absolute Gasteiger partial charge is 0.507 e. The van der Waals surface area contributed by atoms with Gasteiger partial charge in [-0.25, -0.2) is 15.0 Å². The molecule has 0 atom stereocenters. The lowest BCUT2D eigenvalue weighted by Crippen LogP contribution is -2.36. The number of carbonyl (C=O) groups excluding carboxylic acids is 2. The molecular weight excluding hydrogens is 534 g/mol. The standard InChI is InChI=1S/C31H29N7O4/c32-29-24(2-1-11-33-29)30-35-25-9-10-27(37-12-14-42-15-13-37)36-31(25)38(30)23-7-4-20(5-8-23)18-34-28(41)17-21-3-6-22(19-39)26(40)16-21/h1-11,16,19,40H,12-15,17-18H2,(H2,32,33)(H,34,41). The van der Waals surface area contributed by atoms with Crippen molar-refractivity contribution in [1.29, 1.82) is 0 Å². The van der Waals surface area contributed by atoms with Crippen molar-refractivity contribution < 1.29 is 19.4 Å². The van der Waals surface area contributed by atoms with Gasteiger partial charge in [0.25, 0.3) is 0 Å². The fourth-order valence-electron chi connectivity index (χ4n) is 4.96. The van der Waals surface area contributed by atoms with Gasteiger partial charge in [0.1, 0.15) is 22.9 Å². The summed E-state index contributed by atoms with van der Waals surface area (Å²) in [5, 5.41) is 12.8. The summed E-state index contributed by atoms with van der Waals surface area (Å²) in [5.41, 5.74) is 10.9. The third kappa shape index (κ3) is 5.50. The molecule has 0 radical (unpaired) electrons. The average Bonchev–Trinajstić information content (AvgIpc) is 3.39. The van der Waals surface area contributed by atoms with E-state index < -0.39 is 0 Å². The van der Waals surface area contributed by atoms with Crippen LogP contribution in [0.2, 0.25) is 0 Å². The van der Waals surface area contributed by atoms with Gasteiger partial charge in [-0.05, 0) is 59.7 Å². The van der Waals surface area contributed by atoms with Crippen molar-refractivity contribution >= 4 is 35.0 Å². The second-order valence-corrected chi connectivity index (χ2v) is 9.95. The zero-order valence-corrected chi connectivity index (χ0v) is 22.7. The fourth-order valence-corrected chi connectivity index (χ4v) is 4.96. The molecule has 0 bridgehead atoms. The van der Waals surface area contributed by atoms with Crippen LogP contribution in [0, 0.1) is 0 Å². The molecule has 0 saturated carbocycles. The Kier molecular flexibility index (Phi) is 7.48. The number of morpholine rings is 1. The summed E-state index contributed by atoms with van der Waals surface area (Å²) < 4.78 is 7.49. The summed E-state index contributed by atoms with van der Waals surface area (Å²) in [4.78, 5) is 39.8. The van der Waals surface area contributed by atoms with E-state index >= 15 is 0 Å². The van der Waals surface area contributed by atoms with Gasteiger partial charge in [-0.3, -0.25) is 14.2 Å². The van der Waals surface area contributed by atoms with E-state index in [0.29, 0.717) is 54.5 Å². The quantitative estimate of drug-likeness (QED) is 0.242. The first kappa shape index (κ1) is 26.9. The van der Waals surface area contributed by atoms with Crippen LogP contribution in [0.1, 0.15) is 21.5 Å². The number of benzene rings is 2. The Morgan fingerprint density at radius 3 is 2.55 bits per heavy atom. The summed E-state index contributed by atoms with van der Waals surface area (Å²) in [5.74, 6) is 1.51. The second-order valence-electron chi connectivity index (χ2n) is 9.95. The van der Waals surface area contributed by atoms with Crippen LogP contribution >= 0.6 is 0 Å². The predicted molar refractivity (Wildman–Crippen MR) is 159 cm³/mol. The van der Waals surface area contributed by atoms with E-state index in [1.54, 1.807) is 12.3 Å². The molecular formula is C31H29N7O4. The highest BCUT2D eigenvalue weighted by molar-refractivity contribution is 5.84. The number of amides is 1. The zero-order valence-electron chi connectivity index (χ0n) is 22.7.